The predicted molar refractivity (Wildman–Crippen MR) is 70.4 cm³/mol. The van der Waals surface area contributed by atoms with Crippen molar-refractivity contribution in [2.24, 2.45) is 0 Å². The van der Waals surface area contributed by atoms with Crippen molar-refractivity contribution in [2.45, 2.75) is 13.3 Å². The molecular weight excluding hydrogens is 246 g/mol. The fourth-order valence-electron chi connectivity index (χ4n) is 1.55. The van der Waals surface area contributed by atoms with Gasteiger partial charge in [0.05, 0.1) is 11.6 Å². The summed E-state index contributed by atoms with van der Waals surface area (Å²) in [6, 6.07) is 9.59. The van der Waals surface area contributed by atoms with E-state index in [9.17, 15) is 4.79 Å². The van der Waals surface area contributed by atoms with Crippen LogP contribution in [0.2, 0.25) is 0 Å². The smallest absolute Gasteiger partial charge is 0.223 e. The molecule has 0 bridgehead atoms. The molecule has 1 aromatic carbocycles. The number of anilines is 1. The van der Waals surface area contributed by atoms with Crippen LogP contribution in [0.3, 0.4) is 0 Å². The molecule has 0 fully saturated rings. The van der Waals surface area contributed by atoms with Crippen LogP contribution in [0.4, 0.5) is 5.13 Å². The molecule has 5 heteroatoms. The van der Waals surface area contributed by atoms with Gasteiger partial charge in [-0.15, -0.1) is 11.3 Å². The third-order valence-corrected chi connectivity index (χ3v) is 3.18. The number of nitrogens with zero attached hydrogens (tertiary/aromatic N) is 2. The number of nitriles is 1. The van der Waals surface area contributed by atoms with Gasteiger partial charge < -0.3 is 5.32 Å². The average molecular weight is 257 g/mol. The highest BCUT2D eigenvalue weighted by Crippen LogP contribution is 2.21. The fraction of sp³-hybridized carbons (Fsp3) is 0.154. The molecule has 0 spiro atoms. The summed E-state index contributed by atoms with van der Waals surface area (Å²) in [5.74, 6) is -0.123. The highest BCUT2D eigenvalue weighted by molar-refractivity contribution is 7.15. The molecule has 1 amide bonds. The Morgan fingerprint density at radius 2 is 2.39 bits per heavy atom. The number of hydrogen-bond acceptors (Lipinski definition) is 4. The Balaban J connectivity index is 2.11. The zero-order valence-corrected chi connectivity index (χ0v) is 10.6. The molecule has 0 saturated carbocycles. The molecule has 0 aliphatic carbocycles. The normalized spacial score (nSPS) is 9.78. The van der Waals surface area contributed by atoms with E-state index in [1.807, 2.05) is 18.2 Å². The van der Waals surface area contributed by atoms with Crippen LogP contribution in [0.25, 0.3) is 0 Å². The van der Waals surface area contributed by atoms with Crippen LogP contribution in [-0.2, 0) is 11.2 Å². The zero-order valence-electron chi connectivity index (χ0n) is 9.80. The summed E-state index contributed by atoms with van der Waals surface area (Å²) >= 11 is 1.44. The van der Waals surface area contributed by atoms with Crippen molar-refractivity contribution in [3.05, 3.63) is 46.5 Å². The molecule has 2 rings (SSSR count). The fourth-order valence-corrected chi connectivity index (χ4v) is 2.44. The largest absolute Gasteiger partial charge is 0.302 e. The summed E-state index contributed by atoms with van der Waals surface area (Å²) in [7, 11) is 0. The van der Waals surface area contributed by atoms with Crippen molar-refractivity contribution in [1.29, 1.82) is 5.26 Å². The van der Waals surface area contributed by atoms with E-state index >= 15 is 0 Å². The summed E-state index contributed by atoms with van der Waals surface area (Å²) < 4.78 is 0. The maximum Gasteiger partial charge on any atom is 0.223 e. The van der Waals surface area contributed by atoms with Gasteiger partial charge in [-0.3, -0.25) is 4.79 Å². The van der Waals surface area contributed by atoms with E-state index in [-0.39, 0.29) is 5.91 Å². The molecule has 0 unspecified atom stereocenters. The maximum atomic E-state index is 10.9. The topological polar surface area (TPSA) is 65.8 Å². The van der Waals surface area contributed by atoms with Gasteiger partial charge in [-0.05, 0) is 17.7 Å². The van der Waals surface area contributed by atoms with E-state index in [1.165, 1.54) is 18.3 Å². The van der Waals surface area contributed by atoms with Crippen molar-refractivity contribution >= 4 is 22.4 Å². The molecule has 18 heavy (non-hydrogen) atoms. The number of benzene rings is 1. The first-order valence-corrected chi connectivity index (χ1v) is 6.20. The van der Waals surface area contributed by atoms with Crippen molar-refractivity contribution < 1.29 is 4.79 Å². The lowest BCUT2D eigenvalue weighted by Crippen LogP contribution is -2.04. The van der Waals surface area contributed by atoms with Crippen molar-refractivity contribution in [2.75, 3.05) is 5.32 Å². The van der Waals surface area contributed by atoms with Crippen molar-refractivity contribution in [3.8, 4) is 6.07 Å². The number of rotatable bonds is 3. The Bertz CT molecular complexity index is 613. The molecular formula is C13H11N3OS. The minimum absolute atomic E-state index is 0.123. The minimum atomic E-state index is -0.123. The van der Waals surface area contributed by atoms with Crippen LogP contribution in [-0.4, -0.2) is 10.9 Å². The molecule has 1 aromatic heterocycles. The standard InChI is InChI=1S/C13H11N3OS/c1-9(17)16-13-15-8-12(18-13)6-10-3-2-4-11(5-10)7-14/h2-5,8H,6H2,1H3,(H,15,16,17). The first-order valence-electron chi connectivity index (χ1n) is 5.38. The Labute approximate surface area is 109 Å². The Morgan fingerprint density at radius 3 is 3.11 bits per heavy atom. The Hall–Kier alpha value is -2.19. The lowest BCUT2D eigenvalue weighted by molar-refractivity contribution is -0.114. The van der Waals surface area contributed by atoms with E-state index in [0.717, 1.165) is 10.4 Å². The van der Waals surface area contributed by atoms with E-state index in [1.54, 1.807) is 12.3 Å². The molecule has 0 aliphatic rings. The van der Waals surface area contributed by atoms with Crippen LogP contribution in [0, 0.1) is 11.3 Å². The van der Waals surface area contributed by atoms with Gasteiger partial charge in [0.15, 0.2) is 5.13 Å². The zero-order chi connectivity index (χ0) is 13.0. The first kappa shape index (κ1) is 12.3. The second-order valence-electron chi connectivity index (χ2n) is 3.80. The van der Waals surface area contributed by atoms with E-state index < -0.39 is 0 Å². The Morgan fingerprint density at radius 1 is 1.56 bits per heavy atom. The van der Waals surface area contributed by atoms with Gasteiger partial charge >= 0.3 is 0 Å². The number of nitrogens with one attached hydrogen (secondary N) is 1. The summed E-state index contributed by atoms with van der Waals surface area (Å²) in [4.78, 5) is 16.1. The lowest BCUT2D eigenvalue weighted by atomic mass is 10.1. The first-order chi connectivity index (χ1) is 8.67. The molecule has 0 aliphatic heterocycles. The maximum absolute atomic E-state index is 10.9. The van der Waals surface area contributed by atoms with Crippen LogP contribution in [0.1, 0.15) is 22.9 Å². The summed E-state index contributed by atoms with van der Waals surface area (Å²) in [5.41, 5.74) is 1.71. The van der Waals surface area contributed by atoms with Crippen molar-refractivity contribution in [3.63, 3.8) is 0 Å². The second-order valence-corrected chi connectivity index (χ2v) is 4.92. The number of carbonyl (C=O) groups is 1. The second kappa shape index (κ2) is 5.43. The molecule has 90 valence electrons. The summed E-state index contributed by atoms with van der Waals surface area (Å²) in [5, 5.41) is 12.1. The highest BCUT2D eigenvalue weighted by Gasteiger charge is 2.04. The highest BCUT2D eigenvalue weighted by atomic mass is 32.1. The molecule has 1 N–H and O–H groups in total. The molecule has 1 heterocycles. The van der Waals surface area contributed by atoms with Gasteiger partial charge in [-0.1, -0.05) is 12.1 Å². The molecule has 0 saturated heterocycles. The number of aromatic nitrogens is 1. The number of thiazole rings is 1. The average Bonchev–Trinajstić information content (AvgIpc) is 2.76. The molecule has 4 nitrogen and oxygen atoms in total. The predicted octanol–water partition coefficient (Wildman–Crippen LogP) is 2.56. The van der Waals surface area contributed by atoms with Gasteiger partial charge in [0.1, 0.15) is 0 Å². The van der Waals surface area contributed by atoms with Crippen molar-refractivity contribution in [1.82, 2.24) is 4.98 Å². The van der Waals surface area contributed by atoms with Gasteiger partial charge in [-0.2, -0.15) is 5.26 Å². The van der Waals surface area contributed by atoms with Gasteiger partial charge in [-0.25, -0.2) is 4.98 Å². The van der Waals surface area contributed by atoms with Gasteiger partial charge in [0.25, 0.3) is 0 Å². The van der Waals surface area contributed by atoms with E-state index in [2.05, 4.69) is 16.4 Å². The minimum Gasteiger partial charge on any atom is -0.302 e. The Kier molecular flexibility index (Phi) is 3.70. The van der Waals surface area contributed by atoms with Crippen LogP contribution < -0.4 is 5.32 Å². The summed E-state index contributed by atoms with van der Waals surface area (Å²) in [6.07, 6.45) is 2.46. The molecule has 2 aromatic rings. The van der Waals surface area contributed by atoms with Gasteiger partial charge in [0, 0.05) is 24.4 Å². The quantitative estimate of drug-likeness (QED) is 0.919. The number of amides is 1. The third-order valence-electron chi connectivity index (χ3n) is 2.27. The SMILES string of the molecule is CC(=O)Nc1ncc(Cc2cccc(C#N)c2)s1. The lowest BCUT2D eigenvalue weighted by Gasteiger charge is -1.98. The van der Waals surface area contributed by atoms with Crippen LogP contribution in [0.15, 0.2) is 30.5 Å². The number of carbonyl (C=O) groups excluding carboxylic acids is 1. The van der Waals surface area contributed by atoms with Crippen LogP contribution in [0.5, 0.6) is 0 Å². The van der Waals surface area contributed by atoms with E-state index in [0.29, 0.717) is 17.1 Å². The third kappa shape index (κ3) is 3.15. The molecule has 0 atom stereocenters. The summed E-state index contributed by atoms with van der Waals surface area (Å²) in [6.45, 7) is 1.46. The van der Waals surface area contributed by atoms with Crippen LogP contribution >= 0.6 is 11.3 Å². The van der Waals surface area contributed by atoms with E-state index in [4.69, 9.17) is 5.26 Å². The monoisotopic (exact) mass is 257 g/mol. The number of hydrogen-bond donors (Lipinski definition) is 1. The molecule has 0 radical (unpaired) electrons. The van der Waals surface area contributed by atoms with Gasteiger partial charge in [0.2, 0.25) is 5.91 Å².